The van der Waals surface area contributed by atoms with E-state index in [1.165, 1.54) is 0 Å². The molecule has 1 amide bonds. The van der Waals surface area contributed by atoms with E-state index in [1.54, 1.807) is 24.6 Å². The summed E-state index contributed by atoms with van der Waals surface area (Å²) in [5.41, 5.74) is 1.86. The molecule has 0 N–H and O–H groups in total. The number of carbonyl (C=O) groups is 2. The van der Waals surface area contributed by atoms with Gasteiger partial charge in [0.05, 0.1) is 18.5 Å². The summed E-state index contributed by atoms with van der Waals surface area (Å²) in [6.45, 7) is 5.21. The number of ether oxygens (including phenoxy) is 1. The maximum Gasteiger partial charge on any atom is 0.358 e. The van der Waals surface area contributed by atoms with Crippen LogP contribution >= 0.6 is 0 Å². The number of nitrogens with zero attached hydrogens (tertiary/aromatic N) is 4. The van der Waals surface area contributed by atoms with Crippen molar-refractivity contribution in [3.63, 3.8) is 0 Å². The number of likely N-dealkylation sites (tertiary alicyclic amines) is 1. The van der Waals surface area contributed by atoms with E-state index in [2.05, 4.69) is 10.1 Å². The lowest BCUT2D eigenvalue weighted by Gasteiger charge is -2.30. The standard InChI is InChI=1S/C16H20N4O3/c1-3-23-16(22)14-10-20-15(17-14)5-4-13(18-20)12-6-8-19(9-7-12)11(2)21/h4-5,10,12H,3,6-9H2,1-2H3. The average Bonchev–Trinajstić information content (AvgIpc) is 2.98. The quantitative estimate of drug-likeness (QED) is 0.804. The van der Waals surface area contributed by atoms with Gasteiger partial charge in [-0.1, -0.05) is 0 Å². The Morgan fingerprint density at radius 1 is 1.30 bits per heavy atom. The van der Waals surface area contributed by atoms with Crippen molar-refractivity contribution in [2.24, 2.45) is 0 Å². The summed E-state index contributed by atoms with van der Waals surface area (Å²) in [5, 5.41) is 4.57. The number of amides is 1. The van der Waals surface area contributed by atoms with Crippen molar-refractivity contribution in [2.75, 3.05) is 19.7 Å². The molecule has 23 heavy (non-hydrogen) atoms. The number of rotatable bonds is 3. The number of fused-ring (bicyclic) bond motifs is 1. The highest BCUT2D eigenvalue weighted by Crippen LogP contribution is 2.26. The van der Waals surface area contributed by atoms with Gasteiger partial charge in [0.15, 0.2) is 11.3 Å². The van der Waals surface area contributed by atoms with Crippen molar-refractivity contribution in [3.8, 4) is 0 Å². The molecule has 2 aromatic heterocycles. The summed E-state index contributed by atoms with van der Waals surface area (Å²) >= 11 is 0. The van der Waals surface area contributed by atoms with E-state index in [-0.39, 0.29) is 11.6 Å². The highest BCUT2D eigenvalue weighted by atomic mass is 16.5. The second-order valence-corrected chi connectivity index (χ2v) is 5.69. The molecule has 0 spiro atoms. The van der Waals surface area contributed by atoms with E-state index >= 15 is 0 Å². The Balaban J connectivity index is 1.78. The van der Waals surface area contributed by atoms with Crippen molar-refractivity contribution >= 4 is 17.5 Å². The predicted octanol–water partition coefficient (Wildman–Crippen LogP) is 1.63. The van der Waals surface area contributed by atoms with Gasteiger partial charge in [-0.2, -0.15) is 5.10 Å². The molecule has 0 saturated carbocycles. The zero-order chi connectivity index (χ0) is 16.4. The number of carbonyl (C=O) groups excluding carboxylic acids is 2. The summed E-state index contributed by atoms with van der Waals surface area (Å²) in [6, 6.07) is 3.81. The van der Waals surface area contributed by atoms with Crippen LogP contribution in [0.3, 0.4) is 0 Å². The molecule has 0 bridgehead atoms. The van der Waals surface area contributed by atoms with Gasteiger partial charge in [0.25, 0.3) is 0 Å². The van der Waals surface area contributed by atoms with Gasteiger partial charge in [-0.05, 0) is 31.9 Å². The van der Waals surface area contributed by atoms with Crippen LogP contribution in [-0.2, 0) is 9.53 Å². The van der Waals surface area contributed by atoms with E-state index in [1.807, 2.05) is 17.0 Å². The van der Waals surface area contributed by atoms with Gasteiger partial charge >= 0.3 is 5.97 Å². The van der Waals surface area contributed by atoms with E-state index in [0.29, 0.717) is 18.2 Å². The minimum absolute atomic E-state index is 0.126. The van der Waals surface area contributed by atoms with Crippen molar-refractivity contribution in [1.29, 1.82) is 0 Å². The van der Waals surface area contributed by atoms with Crippen LogP contribution < -0.4 is 0 Å². The molecule has 0 unspecified atom stereocenters. The molecule has 3 heterocycles. The summed E-state index contributed by atoms with van der Waals surface area (Å²) in [6.07, 6.45) is 3.40. The second kappa shape index (κ2) is 6.36. The number of esters is 1. The van der Waals surface area contributed by atoms with Gasteiger partial charge in [-0.25, -0.2) is 14.3 Å². The van der Waals surface area contributed by atoms with Crippen molar-refractivity contribution < 1.29 is 14.3 Å². The van der Waals surface area contributed by atoms with Crippen molar-refractivity contribution in [2.45, 2.75) is 32.6 Å². The maximum absolute atomic E-state index is 11.7. The Morgan fingerprint density at radius 3 is 2.70 bits per heavy atom. The maximum atomic E-state index is 11.7. The van der Waals surface area contributed by atoms with Crippen LogP contribution in [0.1, 0.15) is 48.8 Å². The van der Waals surface area contributed by atoms with Gasteiger partial charge in [0, 0.05) is 25.9 Å². The van der Waals surface area contributed by atoms with E-state index in [9.17, 15) is 9.59 Å². The third kappa shape index (κ3) is 3.18. The minimum Gasteiger partial charge on any atom is -0.461 e. The van der Waals surface area contributed by atoms with Gasteiger partial charge < -0.3 is 9.64 Å². The molecular formula is C16H20N4O3. The first kappa shape index (κ1) is 15.5. The largest absolute Gasteiger partial charge is 0.461 e. The fraction of sp³-hybridized carbons (Fsp3) is 0.500. The highest BCUT2D eigenvalue weighted by Gasteiger charge is 2.23. The molecule has 0 aromatic carbocycles. The molecule has 1 aliphatic rings. The first-order valence-corrected chi connectivity index (χ1v) is 7.87. The monoisotopic (exact) mass is 316 g/mol. The number of imidazole rings is 1. The molecular weight excluding hydrogens is 296 g/mol. The minimum atomic E-state index is -0.436. The molecule has 1 fully saturated rings. The smallest absolute Gasteiger partial charge is 0.358 e. The summed E-state index contributed by atoms with van der Waals surface area (Å²) in [4.78, 5) is 29.2. The molecule has 7 nitrogen and oxygen atoms in total. The van der Waals surface area contributed by atoms with Gasteiger partial charge in [-0.3, -0.25) is 4.79 Å². The van der Waals surface area contributed by atoms with Crippen LogP contribution in [0.5, 0.6) is 0 Å². The lowest BCUT2D eigenvalue weighted by Crippen LogP contribution is -2.36. The Labute approximate surface area is 134 Å². The summed E-state index contributed by atoms with van der Waals surface area (Å²) in [5.74, 6) is 0.0123. The fourth-order valence-corrected chi connectivity index (χ4v) is 2.91. The topological polar surface area (TPSA) is 76.8 Å². The molecule has 7 heteroatoms. The van der Waals surface area contributed by atoms with Crippen molar-refractivity contribution in [1.82, 2.24) is 19.5 Å². The lowest BCUT2D eigenvalue weighted by atomic mass is 9.93. The molecule has 1 aliphatic heterocycles. The Kier molecular flexibility index (Phi) is 4.27. The van der Waals surface area contributed by atoms with Crippen molar-refractivity contribution in [3.05, 3.63) is 29.7 Å². The Morgan fingerprint density at radius 2 is 2.04 bits per heavy atom. The molecule has 0 aliphatic carbocycles. The van der Waals surface area contributed by atoms with E-state index < -0.39 is 5.97 Å². The Bertz CT molecular complexity index is 732. The zero-order valence-corrected chi connectivity index (χ0v) is 13.4. The van der Waals surface area contributed by atoms with Crippen LogP contribution in [0.25, 0.3) is 5.65 Å². The molecule has 122 valence electrons. The fourth-order valence-electron chi connectivity index (χ4n) is 2.91. The highest BCUT2D eigenvalue weighted by molar-refractivity contribution is 5.87. The normalized spacial score (nSPS) is 15.8. The third-order valence-electron chi connectivity index (χ3n) is 4.18. The lowest BCUT2D eigenvalue weighted by molar-refractivity contribution is -0.129. The summed E-state index contributed by atoms with van der Waals surface area (Å²) < 4.78 is 6.58. The molecule has 0 atom stereocenters. The van der Waals surface area contributed by atoms with Crippen LogP contribution in [0.15, 0.2) is 18.3 Å². The summed E-state index contributed by atoms with van der Waals surface area (Å²) in [7, 11) is 0. The molecule has 3 rings (SSSR count). The Hall–Kier alpha value is -2.44. The third-order valence-corrected chi connectivity index (χ3v) is 4.18. The predicted molar refractivity (Wildman–Crippen MR) is 83.2 cm³/mol. The number of hydrogen-bond donors (Lipinski definition) is 0. The number of hydrogen-bond acceptors (Lipinski definition) is 5. The molecule has 2 aromatic rings. The van der Waals surface area contributed by atoms with Crippen LogP contribution in [-0.4, -0.2) is 51.1 Å². The SMILES string of the molecule is CCOC(=O)c1cn2nc(C3CCN(C(C)=O)CC3)ccc2n1. The average molecular weight is 316 g/mol. The number of aromatic nitrogens is 3. The van der Waals surface area contributed by atoms with Crippen LogP contribution in [0.2, 0.25) is 0 Å². The van der Waals surface area contributed by atoms with E-state index in [0.717, 1.165) is 31.6 Å². The van der Waals surface area contributed by atoms with E-state index in [4.69, 9.17) is 4.74 Å². The van der Waals surface area contributed by atoms with Crippen LogP contribution in [0, 0.1) is 0 Å². The first-order valence-electron chi connectivity index (χ1n) is 7.87. The van der Waals surface area contributed by atoms with Crippen LogP contribution in [0.4, 0.5) is 0 Å². The van der Waals surface area contributed by atoms with Gasteiger partial charge in [0.1, 0.15) is 0 Å². The zero-order valence-electron chi connectivity index (χ0n) is 13.4. The molecule has 0 radical (unpaired) electrons. The first-order chi connectivity index (χ1) is 11.1. The second-order valence-electron chi connectivity index (χ2n) is 5.69. The van der Waals surface area contributed by atoms with Gasteiger partial charge in [0.2, 0.25) is 5.91 Å². The molecule has 1 saturated heterocycles. The van der Waals surface area contributed by atoms with Gasteiger partial charge in [-0.15, -0.1) is 0 Å². The number of piperidine rings is 1.